The van der Waals surface area contributed by atoms with Crippen LogP contribution in [0, 0.1) is 0 Å². The second-order valence-corrected chi connectivity index (χ2v) is 7.45. The average molecular weight is 434 g/mol. The highest BCUT2D eigenvalue weighted by atomic mass is 16.6. The Morgan fingerprint density at radius 1 is 1.03 bits per heavy atom. The van der Waals surface area contributed by atoms with Gasteiger partial charge in [-0.2, -0.15) is 0 Å². The van der Waals surface area contributed by atoms with Crippen molar-refractivity contribution in [2.75, 3.05) is 34.0 Å². The summed E-state index contributed by atoms with van der Waals surface area (Å²) in [6.45, 7) is 3.12. The molecule has 1 heterocycles. The van der Waals surface area contributed by atoms with Crippen LogP contribution in [0.5, 0.6) is 11.5 Å². The molecule has 0 fully saturated rings. The number of ether oxygens (including phenoxy) is 4. The Morgan fingerprint density at radius 2 is 1.84 bits per heavy atom. The van der Waals surface area contributed by atoms with E-state index in [-0.39, 0.29) is 12.6 Å². The van der Waals surface area contributed by atoms with Crippen molar-refractivity contribution >= 4 is 28.5 Å². The van der Waals surface area contributed by atoms with Crippen LogP contribution in [0.15, 0.2) is 42.5 Å². The summed E-state index contributed by atoms with van der Waals surface area (Å²) in [5.41, 5.74) is 5.26. The number of carbonyl (C=O) groups is 1. The Labute approximate surface area is 187 Å². The lowest BCUT2D eigenvalue weighted by Crippen LogP contribution is -2.14. The number of para-hydroxylation sites is 1. The number of nitrogens with zero attached hydrogens (tertiary/aromatic N) is 1. The quantitative estimate of drug-likeness (QED) is 0.371. The summed E-state index contributed by atoms with van der Waals surface area (Å²) in [5.74, 6) is 1.03. The molecule has 1 aliphatic carbocycles. The van der Waals surface area contributed by atoms with Gasteiger partial charge in [-0.3, -0.25) is 0 Å². The number of pyridine rings is 1. The minimum atomic E-state index is -0.327. The molecule has 0 unspecified atom stereocenters. The molecule has 3 aromatic rings. The van der Waals surface area contributed by atoms with Crippen LogP contribution in [0.4, 0.5) is 0 Å². The molecule has 6 heteroatoms. The molecule has 0 bridgehead atoms. The lowest BCUT2D eigenvalue weighted by Gasteiger charge is -2.12. The molecular formula is C26H27NO5. The van der Waals surface area contributed by atoms with Crippen molar-refractivity contribution in [2.24, 2.45) is 0 Å². The number of benzene rings is 2. The highest BCUT2D eigenvalue weighted by Gasteiger charge is 2.27. The molecule has 1 aliphatic rings. The fourth-order valence-corrected chi connectivity index (χ4v) is 4.07. The average Bonchev–Trinajstić information content (AvgIpc) is 3.21. The summed E-state index contributed by atoms with van der Waals surface area (Å²) in [7, 11) is 3.24. The molecule has 0 radical (unpaired) electrons. The van der Waals surface area contributed by atoms with Crippen molar-refractivity contribution in [3.8, 4) is 11.5 Å². The SMILES string of the molecule is CCOCCOC(=O)c1c2c(nc3ccccc13)/C(=C/c1ccc(OC)c(OC)c1)CC2. The molecule has 2 aromatic carbocycles. The van der Waals surface area contributed by atoms with Crippen molar-refractivity contribution < 1.29 is 23.7 Å². The number of hydrogen-bond acceptors (Lipinski definition) is 6. The normalized spacial score (nSPS) is 13.9. The first-order valence-corrected chi connectivity index (χ1v) is 10.8. The molecule has 0 atom stereocenters. The number of carbonyl (C=O) groups excluding carboxylic acids is 1. The van der Waals surface area contributed by atoms with Crippen LogP contribution in [0.3, 0.4) is 0 Å². The van der Waals surface area contributed by atoms with E-state index >= 15 is 0 Å². The topological polar surface area (TPSA) is 66.9 Å². The Bertz CT molecular complexity index is 1170. The van der Waals surface area contributed by atoms with E-state index in [1.165, 1.54) is 0 Å². The Balaban J connectivity index is 1.74. The third-order valence-corrected chi connectivity index (χ3v) is 5.56. The fraction of sp³-hybridized carbons (Fsp3) is 0.308. The number of aromatic nitrogens is 1. The molecule has 0 saturated heterocycles. The van der Waals surface area contributed by atoms with Gasteiger partial charge in [0.05, 0.1) is 37.6 Å². The van der Waals surface area contributed by atoms with Crippen LogP contribution in [0.1, 0.15) is 40.5 Å². The van der Waals surface area contributed by atoms with Crippen LogP contribution in [0.25, 0.3) is 22.6 Å². The van der Waals surface area contributed by atoms with E-state index < -0.39 is 0 Å². The largest absolute Gasteiger partial charge is 0.493 e. The van der Waals surface area contributed by atoms with E-state index in [1.54, 1.807) is 14.2 Å². The standard InChI is InChI=1S/C26H27NO5/c1-4-31-13-14-32-26(28)24-19-7-5-6-8-21(19)27-25-18(10-11-20(24)25)15-17-9-12-22(29-2)23(16-17)30-3/h5-9,12,15-16H,4,10-11,13-14H2,1-3H3/b18-15+. The summed E-state index contributed by atoms with van der Waals surface area (Å²) < 4.78 is 21.6. The smallest absolute Gasteiger partial charge is 0.339 e. The minimum absolute atomic E-state index is 0.229. The van der Waals surface area contributed by atoms with E-state index in [9.17, 15) is 4.79 Å². The molecule has 0 aliphatic heterocycles. The highest BCUT2D eigenvalue weighted by Crippen LogP contribution is 2.38. The summed E-state index contributed by atoms with van der Waals surface area (Å²) >= 11 is 0. The van der Waals surface area contributed by atoms with Crippen molar-refractivity contribution in [1.82, 2.24) is 4.98 Å². The fourth-order valence-electron chi connectivity index (χ4n) is 4.07. The van der Waals surface area contributed by atoms with E-state index in [4.69, 9.17) is 23.9 Å². The van der Waals surface area contributed by atoms with E-state index in [2.05, 4.69) is 6.08 Å². The summed E-state index contributed by atoms with van der Waals surface area (Å²) in [5, 5.41) is 0.819. The molecule has 0 saturated carbocycles. The molecule has 166 valence electrons. The minimum Gasteiger partial charge on any atom is -0.493 e. The zero-order valence-corrected chi connectivity index (χ0v) is 18.6. The highest BCUT2D eigenvalue weighted by molar-refractivity contribution is 6.07. The van der Waals surface area contributed by atoms with Gasteiger partial charge in [0.2, 0.25) is 0 Å². The second-order valence-electron chi connectivity index (χ2n) is 7.45. The van der Waals surface area contributed by atoms with E-state index in [0.717, 1.165) is 46.1 Å². The molecule has 0 N–H and O–H groups in total. The maximum absolute atomic E-state index is 13.0. The number of allylic oxidation sites excluding steroid dienone is 1. The van der Waals surface area contributed by atoms with Gasteiger partial charge < -0.3 is 18.9 Å². The molecule has 4 rings (SSSR count). The first-order chi connectivity index (χ1) is 15.7. The predicted octanol–water partition coefficient (Wildman–Crippen LogP) is 4.93. The van der Waals surface area contributed by atoms with Gasteiger partial charge in [0.15, 0.2) is 11.5 Å². The second kappa shape index (κ2) is 9.83. The third-order valence-electron chi connectivity index (χ3n) is 5.56. The summed E-state index contributed by atoms with van der Waals surface area (Å²) in [6.07, 6.45) is 3.63. The number of rotatable bonds is 8. The number of esters is 1. The number of fused-ring (bicyclic) bond motifs is 2. The van der Waals surface area contributed by atoms with Crippen molar-refractivity contribution in [2.45, 2.75) is 19.8 Å². The Morgan fingerprint density at radius 3 is 2.62 bits per heavy atom. The van der Waals surface area contributed by atoms with Gasteiger partial charge in [-0.1, -0.05) is 24.3 Å². The van der Waals surface area contributed by atoms with Crippen molar-refractivity contribution in [1.29, 1.82) is 0 Å². The predicted molar refractivity (Wildman–Crippen MR) is 124 cm³/mol. The van der Waals surface area contributed by atoms with Crippen LogP contribution in [-0.4, -0.2) is 45.0 Å². The first kappa shape index (κ1) is 21.8. The zero-order chi connectivity index (χ0) is 22.5. The van der Waals surface area contributed by atoms with E-state index in [0.29, 0.717) is 30.3 Å². The van der Waals surface area contributed by atoms with E-state index in [1.807, 2.05) is 49.4 Å². The van der Waals surface area contributed by atoms with Gasteiger partial charge in [0.1, 0.15) is 6.61 Å². The van der Waals surface area contributed by atoms with Gasteiger partial charge in [0.25, 0.3) is 0 Å². The Hall–Kier alpha value is -3.38. The monoisotopic (exact) mass is 433 g/mol. The zero-order valence-electron chi connectivity index (χ0n) is 18.6. The molecule has 1 aromatic heterocycles. The van der Waals surface area contributed by atoms with Gasteiger partial charge in [0, 0.05) is 12.0 Å². The van der Waals surface area contributed by atoms with Crippen molar-refractivity contribution in [3.05, 3.63) is 64.8 Å². The maximum Gasteiger partial charge on any atom is 0.339 e. The first-order valence-electron chi connectivity index (χ1n) is 10.8. The molecule has 0 spiro atoms. The lowest BCUT2D eigenvalue weighted by molar-refractivity contribution is 0.0336. The maximum atomic E-state index is 13.0. The van der Waals surface area contributed by atoms with Gasteiger partial charge >= 0.3 is 5.97 Å². The number of hydrogen-bond donors (Lipinski definition) is 0. The van der Waals surface area contributed by atoms with Crippen LogP contribution >= 0.6 is 0 Å². The summed E-state index contributed by atoms with van der Waals surface area (Å²) in [6, 6.07) is 13.5. The van der Waals surface area contributed by atoms with Gasteiger partial charge in [-0.15, -0.1) is 0 Å². The van der Waals surface area contributed by atoms with Crippen LogP contribution < -0.4 is 9.47 Å². The van der Waals surface area contributed by atoms with Gasteiger partial charge in [-0.05, 0) is 60.7 Å². The molecular weight excluding hydrogens is 406 g/mol. The molecule has 32 heavy (non-hydrogen) atoms. The van der Waals surface area contributed by atoms with Crippen LogP contribution in [0.2, 0.25) is 0 Å². The van der Waals surface area contributed by atoms with Crippen molar-refractivity contribution in [3.63, 3.8) is 0 Å². The third kappa shape index (κ3) is 4.32. The number of methoxy groups -OCH3 is 2. The Kier molecular flexibility index (Phi) is 6.71. The summed E-state index contributed by atoms with van der Waals surface area (Å²) in [4.78, 5) is 18.0. The molecule has 6 nitrogen and oxygen atoms in total. The van der Waals surface area contributed by atoms with Gasteiger partial charge in [-0.25, -0.2) is 9.78 Å². The lowest BCUT2D eigenvalue weighted by atomic mass is 10.0. The van der Waals surface area contributed by atoms with Crippen LogP contribution in [-0.2, 0) is 15.9 Å². The molecule has 0 amide bonds.